The lowest BCUT2D eigenvalue weighted by atomic mass is 10.1. The molecule has 0 atom stereocenters. The molecule has 0 amide bonds. The van der Waals surface area contributed by atoms with Crippen molar-refractivity contribution >= 4 is 70.5 Å². The van der Waals surface area contributed by atoms with Crippen LogP contribution in [-0.2, 0) is 6.61 Å². The van der Waals surface area contributed by atoms with Crippen LogP contribution in [0, 0.1) is 11.3 Å². The molecule has 0 unspecified atom stereocenters. The Morgan fingerprint density at radius 2 is 1.80 bits per heavy atom. The molecule has 1 aromatic heterocycles. The van der Waals surface area contributed by atoms with Gasteiger partial charge < -0.3 is 9.72 Å². The highest BCUT2D eigenvalue weighted by molar-refractivity contribution is 9.11. The first kappa shape index (κ1) is 20.9. The lowest BCUT2D eigenvalue weighted by Crippen LogP contribution is -1.98. The Morgan fingerprint density at radius 3 is 2.53 bits per heavy atom. The molecule has 0 aliphatic carbocycles. The van der Waals surface area contributed by atoms with Gasteiger partial charge in [0.1, 0.15) is 24.3 Å². The van der Waals surface area contributed by atoms with Crippen molar-refractivity contribution in [1.29, 1.82) is 5.26 Å². The van der Waals surface area contributed by atoms with Gasteiger partial charge in [-0.05, 0) is 64.0 Å². The lowest BCUT2D eigenvalue weighted by Gasteiger charge is -2.13. The monoisotopic (exact) mass is 585 g/mol. The van der Waals surface area contributed by atoms with Gasteiger partial charge in [0.05, 0.1) is 21.1 Å². The number of ether oxygens (including phenoxy) is 1. The number of aromatic nitrogens is 2. The van der Waals surface area contributed by atoms with Crippen molar-refractivity contribution in [2.45, 2.75) is 6.61 Å². The molecular weight excluding hydrogens is 574 g/mol. The van der Waals surface area contributed by atoms with E-state index in [1.54, 1.807) is 6.08 Å². The number of nitrogens with zero attached hydrogens (tertiary/aromatic N) is 2. The van der Waals surface area contributed by atoms with E-state index in [-0.39, 0.29) is 0 Å². The van der Waals surface area contributed by atoms with Crippen LogP contribution in [0.2, 0.25) is 0 Å². The van der Waals surface area contributed by atoms with Gasteiger partial charge in [0, 0.05) is 14.5 Å². The predicted molar refractivity (Wildman–Crippen MR) is 130 cm³/mol. The summed E-state index contributed by atoms with van der Waals surface area (Å²) in [5, 5.41) is 9.78. The second-order valence-electron chi connectivity index (χ2n) is 6.49. The molecule has 30 heavy (non-hydrogen) atoms. The van der Waals surface area contributed by atoms with E-state index >= 15 is 0 Å². The minimum atomic E-state index is 0.404. The standard InChI is InChI=1S/C23H14Br3N3O/c24-17-7-5-14(6-8-17)13-30-22-15(10-18(25)11-19(22)26)9-16(12-27)23-28-20-3-1-2-4-21(20)29-23/h1-11H,13H2,(H,28,29)/b16-9+. The molecule has 1 heterocycles. The molecule has 4 aromatic rings. The van der Waals surface area contributed by atoms with Crippen LogP contribution in [0.25, 0.3) is 22.7 Å². The SMILES string of the molecule is N#C/C(=C\c1cc(Br)cc(Br)c1OCc1ccc(Br)cc1)c1nc2ccccc2[nH]1. The summed E-state index contributed by atoms with van der Waals surface area (Å²) in [6.07, 6.45) is 1.78. The zero-order valence-corrected chi connectivity index (χ0v) is 20.3. The Bertz CT molecular complexity index is 1250. The third kappa shape index (κ3) is 4.67. The van der Waals surface area contributed by atoms with Crippen LogP contribution in [0.15, 0.2) is 74.1 Å². The van der Waals surface area contributed by atoms with Gasteiger partial charge in [-0.3, -0.25) is 0 Å². The summed E-state index contributed by atoms with van der Waals surface area (Å²) in [5.41, 5.74) is 3.93. The normalized spacial score (nSPS) is 11.5. The van der Waals surface area contributed by atoms with Crippen molar-refractivity contribution in [3.05, 3.63) is 91.0 Å². The van der Waals surface area contributed by atoms with E-state index in [2.05, 4.69) is 63.8 Å². The second kappa shape index (κ2) is 9.17. The maximum absolute atomic E-state index is 9.78. The van der Waals surface area contributed by atoms with Gasteiger partial charge >= 0.3 is 0 Å². The van der Waals surface area contributed by atoms with Gasteiger partial charge in [-0.15, -0.1) is 0 Å². The molecule has 0 fully saturated rings. The van der Waals surface area contributed by atoms with E-state index in [0.29, 0.717) is 23.8 Å². The summed E-state index contributed by atoms with van der Waals surface area (Å²) in [6.45, 7) is 0.404. The summed E-state index contributed by atoms with van der Waals surface area (Å²) >= 11 is 10.5. The minimum Gasteiger partial charge on any atom is -0.487 e. The molecule has 0 aliphatic rings. The van der Waals surface area contributed by atoms with E-state index in [0.717, 1.165) is 35.6 Å². The van der Waals surface area contributed by atoms with Crippen LogP contribution < -0.4 is 4.74 Å². The molecule has 0 radical (unpaired) electrons. The maximum Gasteiger partial charge on any atom is 0.149 e. The van der Waals surface area contributed by atoms with Crippen molar-refractivity contribution in [3.63, 3.8) is 0 Å². The number of hydrogen-bond donors (Lipinski definition) is 1. The molecule has 7 heteroatoms. The van der Waals surface area contributed by atoms with Crippen molar-refractivity contribution in [2.24, 2.45) is 0 Å². The number of imidazole rings is 1. The van der Waals surface area contributed by atoms with Crippen LogP contribution in [-0.4, -0.2) is 9.97 Å². The van der Waals surface area contributed by atoms with Gasteiger partial charge in [-0.1, -0.05) is 56.1 Å². The van der Waals surface area contributed by atoms with Crippen molar-refractivity contribution in [1.82, 2.24) is 9.97 Å². The Morgan fingerprint density at radius 1 is 1.03 bits per heavy atom. The predicted octanol–water partition coefficient (Wildman–Crippen LogP) is 7.49. The first-order valence-corrected chi connectivity index (χ1v) is 11.3. The molecule has 4 nitrogen and oxygen atoms in total. The number of rotatable bonds is 5. The third-order valence-corrected chi connectivity index (χ3v) is 5.97. The summed E-state index contributed by atoms with van der Waals surface area (Å²) in [7, 11) is 0. The number of aromatic amines is 1. The van der Waals surface area contributed by atoms with Gasteiger partial charge in [0.25, 0.3) is 0 Å². The van der Waals surface area contributed by atoms with Gasteiger partial charge in [0.15, 0.2) is 0 Å². The third-order valence-electron chi connectivity index (χ3n) is 4.40. The Hall–Kier alpha value is -2.40. The molecule has 0 bridgehead atoms. The minimum absolute atomic E-state index is 0.404. The lowest BCUT2D eigenvalue weighted by molar-refractivity contribution is 0.303. The average molecular weight is 588 g/mol. The Balaban J connectivity index is 1.71. The Kier molecular flexibility index (Phi) is 6.38. The molecule has 0 spiro atoms. The number of para-hydroxylation sites is 2. The highest BCUT2D eigenvalue weighted by Gasteiger charge is 2.13. The van der Waals surface area contributed by atoms with Crippen LogP contribution >= 0.6 is 47.8 Å². The van der Waals surface area contributed by atoms with E-state index in [1.807, 2.05) is 60.7 Å². The first-order chi connectivity index (χ1) is 14.5. The van der Waals surface area contributed by atoms with Crippen molar-refractivity contribution in [2.75, 3.05) is 0 Å². The van der Waals surface area contributed by atoms with E-state index in [1.165, 1.54) is 0 Å². The van der Waals surface area contributed by atoms with Crippen LogP contribution in [0.4, 0.5) is 0 Å². The fourth-order valence-electron chi connectivity index (χ4n) is 2.97. The number of fused-ring (bicyclic) bond motifs is 1. The summed E-state index contributed by atoms with van der Waals surface area (Å²) in [6, 6.07) is 21.7. The van der Waals surface area contributed by atoms with E-state index in [9.17, 15) is 5.26 Å². The van der Waals surface area contributed by atoms with Crippen LogP contribution in [0.1, 0.15) is 17.0 Å². The molecule has 0 saturated carbocycles. The van der Waals surface area contributed by atoms with Crippen LogP contribution in [0.3, 0.4) is 0 Å². The molecule has 0 aliphatic heterocycles. The Labute approximate surface area is 199 Å². The fourth-order valence-corrected chi connectivity index (χ4v) is 4.60. The summed E-state index contributed by atoms with van der Waals surface area (Å²) in [5.74, 6) is 1.18. The summed E-state index contributed by atoms with van der Waals surface area (Å²) in [4.78, 5) is 7.75. The van der Waals surface area contributed by atoms with Gasteiger partial charge in [-0.25, -0.2) is 4.98 Å². The highest BCUT2D eigenvalue weighted by Crippen LogP contribution is 2.36. The smallest absolute Gasteiger partial charge is 0.149 e. The average Bonchev–Trinajstić information content (AvgIpc) is 3.16. The molecule has 4 rings (SSSR count). The fraction of sp³-hybridized carbons (Fsp3) is 0.0435. The number of hydrogen-bond acceptors (Lipinski definition) is 3. The number of nitriles is 1. The number of nitrogens with one attached hydrogen (secondary N) is 1. The molecule has 3 aromatic carbocycles. The first-order valence-electron chi connectivity index (χ1n) is 8.96. The van der Waals surface area contributed by atoms with E-state index < -0.39 is 0 Å². The number of halogens is 3. The number of benzene rings is 3. The molecular formula is C23H14Br3N3O. The van der Waals surface area contributed by atoms with Gasteiger partial charge in [-0.2, -0.15) is 5.26 Å². The quantitative estimate of drug-likeness (QED) is 0.246. The topological polar surface area (TPSA) is 61.7 Å². The van der Waals surface area contributed by atoms with Crippen LogP contribution in [0.5, 0.6) is 5.75 Å². The maximum atomic E-state index is 9.78. The zero-order chi connectivity index (χ0) is 21.1. The highest BCUT2D eigenvalue weighted by atomic mass is 79.9. The molecule has 1 N–H and O–H groups in total. The zero-order valence-electron chi connectivity index (χ0n) is 15.5. The van der Waals surface area contributed by atoms with Crippen molar-refractivity contribution in [3.8, 4) is 11.8 Å². The largest absolute Gasteiger partial charge is 0.487 e. The summed E-state index contributed by atoms with van der Waals surface area (Å²) < 4.78 is 8.81. The molecule has 148 valence electrons. The van der Waals surface area contributed by atoms with Crippen molar-refractivity contribution < 1.29 is 4.74 Å². The van der Waals surface area contributed by atoms with E-state index in [4.69, 9.17) is 4.74 Å². The number of allylic oxidation sites excluding steroid dienone is 1. The molecule has 0 saturated heterocycles. The van der Waals surface area contributed by atoms with Gasteiger partial charge in [0.2, 0.25) is 0 Å². The number of H-pyrrole nitrogens is 1. The second-order valence-corrected chi connectivity index (χ2v) is 9.18.